The molecule has 34 heavy (non-hydrogen) atoms. The van der Waals surface area contributed by atoms with E-state index >= 15 is 0 Å². The van der Waals surface area contributed by atoms with E-state index in [4.69, 9.17) is 9.15 Å². The zero-order valence-corrected chi connectivity index (χ0v) is 19.4. The molecular weight excluding hydrogens is 448 g/mol. The standard InChI is InChI=1S/C27H24N2O4S/c1-2-16-32-20-10-11-21-22(18-20)33-25(24(21)19-7-4-3-5-8-19)27(31)29-14-12-28(13-15-29)26(30)23-9-6-17-34-23/h2-11,17-18H,1,12-16H2. The van der Waals surface area contributed by atoms with Gasteiger partial charge in [-0.3, -0.25) is 9.59 Å². The maximum Gasteiger partial charge on any atom is 0.290 e. The van der Waals surface area contributed by atoms with Crippen LogP contribution in [0.2, 0.25) is 0 Å². The Morgan fingerprint density at radius 1 is 0.971 bits per heavy atom. The molecule has 0 N–H and O–H groups in total. The summed E-state index contributed by atoms with van der Waals surface area (Å²) in [6.07, 6.45) is 1.68. The van der Waals surface area contributed by atoms with E-state index in [9.17, 15) is 9.59 Å². The second-order valence-corrected chi connectivity index (χ2v) is 8.94. The molecule has 6 nitrogen and oxygen atoms in total. The van der Waals surface area contributed by atoms with Gasteiger partial charge in [-0.05, 0) is 29.1 Å². The number of hydrogen-bond acceptors (Lipinski definition) is 5. The number of furan rings is 1. The monoisotopic (exact) mass is 472 g/mol. The third kappa shape index (κ3) is 4.22. The molecule has 0 bridgehead atoms. The van der Waals surface area contributed by atoms with Crippen LogP contribution in [-0.4, -0.2) is 54.4 Å². The van der Waals surface area contributed by atoms with Crippen molar-refractivity contribution in [3.8, 4) is 16.9 Å². The second kappa shape index (κ2) is 9.57. The molecule has 2 aromatic heterocycles. The summed E-state index contributed by atoms with van der Waals surface area (Å²) in [5.41, 5.74) is 2.28. The van der Waals surface area contributed by atoms with Crippen LogP contribution in [0.4, 0.5) is 0 Å². The van der Waals surface area contributed by atoms with Gasteiger partial charge in [0, 0.05) is 43.2 Å². The summed E-state index contributed by atoms with van der Waals surface area (Å²) in [5, 5.41) is 2.75. The summed E-state index contributed by atoms with van der Waals surface area (Å²) in [6, 6.07) is 19.1. The first kappa shape index (κ1) is 22.0. The van der Waals surface area contributed by atoms with Gasteiger partial charge < -0.3 is 19.0 Å². The minimum Gasteiger partial charge on any atom is -0.489 e. The van der Waals surface area contributed by atoms with Crippen LogP contribution in [0.3, 0.4) is 0 Å². The maximum absolute atomic E-state index is 13.6. The molecule has 7 heteroatoms. The van der Waals surface area contributed by atoms with Crippen molar-refractivity contribution in [1.29, 1.82) is 0 Å². The molecule has 172 valence electrons. The molecule has 0 saturated carbocycles. The molecule has 1 aliphatic rings. The molecule has 1 fully saturated rings. The Hall–Kier alpha value is -3.84. The first-order chi connectivity index (χ1) is 16.7. The van der Waals surface area contributed by atoms with Crippen LogP contribution in [0.5, 0.6) is 5.75 Å². The normalized spacial score (nSPS) is 13.8. The summed E-state index contributed by atoms with van der Waals surface area (Å²) in [7, 11) is 0. The van der Waals surface area contributed by atoms with Crippen LogP contribution in [0, 0.1) is 0 Å². The number of rotatable bonds is 6. The molecule has 1 saturated heterocycles. The van der Waals surface area contributed by atoms with Gasteiger partial charge in [0.05, 0.1) is 4.88 Å². The van der Waals surface area contributed by atoms with Crippen molar-refractivity contribution in [3.05, 3.63) is 89.3 Å². The van der Waals surface area contributed by atoms with E-state index in [0.29, 0.717) is 49.9 Å². The maximum atomic E-state index is 13.6. The Labute approximate surface area is 201 Å². The topological polar surface area (TPSA) is 63.0 Å². The van der Waals surface area contributed by atoms with Crippen molar-refractivity contribution in [3.63, 3.8) is 0 Å². The average molecular weight is 473 g/mol. The highest BCUT2D eigenvalue weighted by Crippen LogP contribution is 2.37. The van der Waals surface area contributed by atoms with Gasteiger partial charge in [0.25, 0.3) is 11.8 Å². The molecule has 0 spiro atoms. The van der Waals surface area contributed by atoms with Gasteiger partial charge in [-0.1, -0.05) is 49.1 Å². The third-order valence-electron chi connectivity index (χ3n) is 5.87. The molecule has 4 aromatic rings. The molecule has 0 atom stereocenters. The van der Waals surface area contributed by atoms with Gasteiger partial charge in [0.2, 0.25) is 5.76 Å². The lowest BCUT2D eigenvalue weighted by atomic mass is 10.0. The quantitative estimate of drug-likeness (QED) is 0.356. The van der Waals surface area contributed by atoms with E-state index in [0.717, 1.165) is 21.4 Å². The van der Waals surface area contributed by atoms with E-state index < -0.39 is 0 Å². The fraction of sp³-hybridized carbons (Fsp3) is 0.185. The first-order valence-electron chi connectivity index (χ1n) is 11.1. The molecule has 0 unspecified atom stereocenters. The van der Waals surface area contributed by atoms with Gasteiger partial charge in [0.15, 0.2) is 0 Å². The van der Waals surface area contributed by atoms with Crippen molar-refractivity contribution in [1.82, 2.24) is 9.80 Å². The average Bonchev–Trinajstić information content (AvgIpc) is 3.55. The van der Waals surface area contributed by atoms with Crippen LogP contribution < -0.4 is 4.74 Å². The van der Waals surface area contributed by atoms with Gasteiger partial charge in [-0.15, -0.1) is 11.3 Å². The molecule has 2 amide bonds. The summed E-state index contributed by atoms with van der Waals surface area (Å²) >= 11 is 1.43. The van der Waals surface area contributed by atoms with Crippen LogP contribution >= 0.6 is 11.3 Å². The van der Waals surface area contributed by atoms with Crippen molar-refractivity contribution in [2.75, 3.05) is 32.8 Å². The van der Waals surface area contributed by atoms with E-state index in [1.165, 1.54) is 11.3 Å². The predicted molar refractivity (Wildman–Crippen MR) is 133 cm³/mol. The molecular formula is C27H24N2O4S. The highest BCUT2D eigenvalue weighted by Gasteiger charge is 2.30. The predicted octanol–water partition coefficient (Wildman–Crippen LogP) is 5.32. The Morgan fingerprint density at radius 3 is 2.38 bits per heavy atom. The van der Waals surface area contributed by atoms with Crippen molar-refractivity contribution < 1.29 is 18.7 Å². The number of thiophene rings is 1. The summed E-state index contributed by atoms with van der Waals surface area (Å²) < 4.78 is 11.8. The SMILES string of the molecule is C=CCOc1ccc2c(-c3ccccc3)c(C(=O)N3CCN(C(=O)c4cccs4)CC3)oc2c1. The molecule has 5 rings (SSSR count). The number of amides is 2. The van der Waals surface area contributed by atoms with E-state index in [-0.39, 0.29) is 11.8 Å². The minimum atomic E-state index is -0.174. The van der Waals surface area contributed by atoms with Crippen LogP contribution in [-0.2, 0) is 0 Å². The largest absolute Gasteiger partial charge is 0.489 e. The number of fused-ring (bicyclic) bond motifs is 1. The fourth-order valence-corrected chi connectivity index (χ4v) is 4.87. The summed E-state index contributed by atoms with van der Waals surface area (Å²) in [4.78, 5) is 30.6. The van der Waals surface area contributed by atoms with Gasteiger partial charge >= 0.3 is 0 Å². The third-order valence-corrected chi connectivity index (χ3v) is 6.73. The first-order valence-corrected chi connectivity index (χ1v) is 12.0. The highest BCUT2D eigenvalue weighted by atomic mass is 32.1. The van der Waals surface area contributed by atoms with E-state index in [1.807, 2.05) is 60.0 Å². The number of piperazine rings is 1. The van der Waals surface area contributed by atoms with Gasteiger partial charge in [-0.2, -0.15) is 0 Å². The fourth-order valence-electron chi connectivity index (χ4n) is 4.18. The minimum absolute atomic E-state index is 0.0165. The van der Waals surface area contributed by atoms with Gasteiger partial charge in [0.1, 0.15) is 17.9 Å². The number of nitrogens with zero attached hydrogens (tertiary/aromatic N) is 2. The lowest BCUT2D eigenvalue weighted by Gasteiger charge is -2.34. The van der Waals surface area contributed by atoms with Crippen LogP contribution in [0.25, 0.3) is 22.1 Å². The number of carbonyl (C=O) groups excluding carboxylic acids is 2. The zero-order valence-electron chi connectivity index (χ0n) is 18.6. The Bertz CT molecular complexity index is 1320. The summed E-state index contributed by atoms with van der Waals surface area (Å²) in [6.45, 7) is 5.95. The summed E-state index contributed by atoms with van der Waals surface area (Å²) in [5.74, 6) is 0.801. The van der Waals surface area contributed by atoms with Crippen molar-refractivity contribution >= 4 is 34.1 Å². The van der Waals surface area contributed by atoms with Crippen molar-refractivity contribution in [2.24, 2.45) is 0 Å². The van der Waals surface area contributed by atoms with Crippen LogP contribution in [0.1, 0.15) is 20.2 Å². The highest BCUT2D eigenvalue weighted by molar-refractivity contribution is 7.12. The smallest absolute Gasteiger partial charge is 0.290 e. The zero-order chi connectivity index (χ0) is 23.5. The van der Waals surface area contributed by atoms with Crippen LogP contribution in [0.15, 0.2) is 83.1 Å². The molecule has 0 aliphatic carbocycles. The lowest BCUT2D eigenvalue weighted by Crippen LogP contribution is -2.50. The molecule has 0 radical (unpaired) electrons. The Kier molecular flexibility index (Phi) is 6.18. The lowest BCUT2D eigenvalue weighted by molar-refractivity contribution is 0.0522. The number of hydrogen-bond donors (Lipinski definition) is 0. The Morgan fingerprint density at radius 2 is 1.71 bits per heavy atom. The van der Waals surface area contributed by atoms with Gasteiger partial charge in [-0.25, -0.2) is 0 Å². The van der Waals surface area contributed by atoms with E-state index in [2.05, 4.69) is 6.58 Å². The number of benzene rings is 2. The number of ether oxygens (including phenoxy) is 1. The molecule has 2 aromatic carbocycles. The Balaban J connectivity index is 1.43. The molecule has 1 aliphatic heterocycles. The van der Waals surface area contributed by atoms with Crippen molar-refractivity contribution in [2.45, 2.75) is 0 Å². The molecule has 3 heterocycles. The second-order valence-electron chi connectivity index (χ2n) is 7.99. The van der Waals surface area contributed by atoms with E-state index in [1.54, 1.807) is 21.9 Å². The number of carbonyl (C=O) groups is 2.